The van der Waals surface area contributed by atoms with Gasteiger partial charge in [0.25, 0.3) is 0 Å². The van der Waals surface area contributed by atoms with E-state index in [4.69, 9.17) is 16.3 Å². The van der Waals surface area contributed by atoms with Gasteiger partial charge in [-0.05, 0) is 80.1 Å². The van der Waals surface area contributed by atoms with Crippen molar-refractivity contribution < 1.29 is 4.74 Å². The lowest BCUT2D eigenvalue weighted by molar-refractivity contribution is 0.238. The molecule has 0 spiro atoms. The van der Waals surface area contributed by atoms with Gasteiger partial charge < -0.3 is 9.64 Å². The van der Waals surface area contributed by atoms with Gasteiger partial charge in [-0.15, -0.1) is 37.2 Å². The predicted octanol–water partition coefficient (Wildman–Crippen LogP) is 6.08. The molecule has 0 amide bonds. The molecular formula is C23H32Cl4N2O. The van der Waals surface area contributed by atoms with Crippen LogP contribution in [0, 0.1) is 0 Å². The molecule has 1 heterocycles. The Balaban J connectivity index is 0.00000150. The molecule has 3 nitrogen and oxygen atoms in total. The standard InChI is InChI=1S/C23H29ClN2O.3ClH/c24-21-7-4-8-22(18-21)26-14-12-25(13-15-26)11-1-2-16-27-23-10-9-19-5-3-6-20(19)17-23;;;/h4,7-10,17-18H,1-3,5-6,11-16H2;3*1H. The maximum Gasteiger partial charge on any atom is 0.119 e. The number of fused-ring (bicyclic) bond motifs is 1. The number of hydrogen-bond donors (Lipinski definition) is 0. The maximum absolute atomic E-state index is 6.11. The number of nitrogens with zero attached hydrogens (tertiary/aromatic N) is 2. The topological polar surface area (TPSA) is 15.7 Å². The van der Waals surface area contributed by atoms with E-state index in [9.17, 15) is 0 Å². The number of rotatable bonds is 7. The molecule has 1 aliphatic carbocycles. The highest BCUT2D eigenvalue weighted by atomic mass is 35.5. The van der Waals surface area contributed by atoms with E-state index in [1.807, 2.05) is 12.1 Å². The largest absolute Gasteiger partial charge is 0.494 e. The van der Waals surface area contributed by atoms with Crippen LogP contribution >= 0.6 is 48.8 Å². The van der Waals surface area contributed by atoms with Crippen LogP contribution in [-0.4, -0.2) is 44.2 Å². The summed E-state index contributed by atoms with van der Waals surface area (Å²) in [6, 6.07) is 14.8. The molecular weight excluding hydrogens is 462 g/mol. The summed E-state index contributed by atoms with van der Waals surface area (Å²) in [7, 11) is 0. The van der Waals surface area contributed by atoms with Gasteiger partial charge in [-0.3, -0.25) is 4.90 Å². The molecule has 1 aliphatic heterocycles. The highest BCUT2D eigenvalue weighted by Crippen LogP contribution is 2.26. The molecule has 2 aliphatic rings. The molecule has 0 N–H and O–H groups in total. The van der Waals surface area contributed by atoms with E-state index in [0.29, 0.717) is 0 Å². The summed E-state index contributed by atoms with van der Waals surface area (Å²) in [6.07, 6.45) is 6.06. The van der Waals surface area contributed by atoms with E-state index in [2.05, 4.69) is 40.1 Å². The molecule has 2 aromatic carbocycles. The van der Waals surface area contributed by atoms with Crippen molar-refractivity contribution in [1.29, 1.82) is 0 Å². The fraction of sp³-hybridized carbons (Fsp3) is 0.478. The summed E-state index contributed by atoms with van der Waals surface area (Å²) >= 11 is 6.11. The third kappa shape index (κ3) is 7.39. The highest BCUT2D eigenvalue weighted by molar-refractivity contribution is 6.30. The van der Waals surface area contributed by atoms with Crippen molar-refractivity contribution in [2.75, 3.05) is 44.2 Å². The Kier molecular flexibility index (Phi) is 12.3. The predicted molar refractivity (Wildman–Crippen MR) is 135 cm³/mol. The van der Waals surface area contributed by atoms with Crippen LogP contribution < -0.4 is 9.64 Å². The number of unbranched alkanes of at least 4 members (excludes halogenated alkanes) is 1. The Morgan fingerprint density at radius 2 is 1.60 bits per heavy atom. The van der Waals surface area contributed by atoms with Crippen molar-refractivity contribution in [3.8, 4) is 5.75 Å². The monoisotopic (exact) mass is 492 g/mol. The van der Waals surface area contributed by atoms with Crippen molar-refractivity contribution in [2.45, 2.75) is 32.1 Å². The number of piperazine rings is 1. The van der Waals surface area contributed by atoms with Crippen molar-refractivity contribution in [3.05, 3.63) is 58.6 Å². The van der Waals surface area contributed by atoms with E-state index in [-0.39, 0.29) is 37.2 Å². The van der Waals surface area contributed by atoms with Gasteiger partial charge in [0.1, 0.15) is 5.75 Å². The molecule has 7 heteroatoms. The van der Waals surface area contributed by atoms with Gasteiger partial charge in [0.05, 0.1) is 6.61 Å². The first-order valence-electron chi connectivity index (χ1n) is 10.3. The van der Waals surface area contributed by atoms with Crippen LogP contribution in [0.2, 0.25) is 5.02 Å². The summed E-state index contributed by atoms with van der Waals surface area (Å²) in [6.45, 7) is 6.38. The second kappa shape index (κ2) is 13.5. The SMILES string of the molecule is Cl.Cl.Cl.Clc1cccc(N2CCN(CCCCOc3ccc4c(c3)CCC4)CC2)c1. The van der Waals surface area contributed by atoms with Gasteiger partial charge in [0.15, 0.2) is 0 Å². The minimum absolute atomic E-state index is 0. The minimum atomic E-state index is 0. The first kappa shape index (κ1) is 27.2. The van der Waals surface area contributed by atoms with Crippen LogP contribution in [0.1, 0.15) is 30.4 Å². The molecule has 0 atom stereocenters. The number of anilines is 1. The van der Waals surface area contributed by atoms with Crippen LogP contribution in [0.15, 0.2) is 42.5 Å². The van der Waals surface area contributed by atoms with Crippen LogP contribution in [0.5, 0.6) is 5.75 Å². The third-order valence-electron chi connectivity index (χ3n) is 5.75. The molecule has 168 valence electrons. The molecule has 1 fully saturated rings. The Labute approximate surface area is 204 Å². The quantitative estimate of drug-likeness (QED) is 0.435. The molecule has 4 rings (SSSR count). The Bertz CT molecular complexity index is 767. The number of aryl methyl sites for hydroxylation is 2. The molecule has 30 heavy (non-hydrogen) atoms. The zero-order valence-electron chi connectivity index (χ0n) is 17.2. The number of halogens is 4. The zero-order valence-corrected chi connectivity index (χ0v) is 20.4. The maximum atomic E-state index is 6.11. The van der Waals surface area contributed by atoms with E-state index < -0.39 is 0 Å². The van der Waals surface area contributed by atoms with Gasteiger partial charge in [0.2, 0.25) is 0 Å². The van der Waals surface area contributed by atoms with Gasteiger partial charge in [-0.25, -0.2) is 0 Å². The van der Waals surface area contributed by atoms with Gasteiger partial charge in [-0.2, -0.15) is 0 Å². The van der Waals surface area contributed by atoms with E-state index in [1.54, 1.807) is 0 Å². The minimum Gasteiger partial charge on any atom is -0.494 e. The summed E-state index contributed by atoms with van der Waals surface area (Å²) in [5.74, 6) is 1.05. The summed E-state index contributed by atoms with van der Waals surface area (Å²) in [5, 5.41) is 0.818. The Morgan fingerprint density at radius 1 is 0.833 bits per heavy atom. The summed E-state index contributed by atoms with van der Waals surface area (Å²) in [5.41, 5.74) is 4.24. The second-order valence-corrected chi connectivity index (χ2v) is 8.08. The van der Waals surface area contributed by atoms with Crippen molar-refractivity contribution in [1.82, 2.24) is 4.90 Å². The summed E-state index contributed by atoms with van der Waals surface area (Å²) < 4.78 is 5.97. The second-order valence-electron chi connectivity index (χ2n) is 7.65. The number of ether oxygens (including phenoxy) is 1. The molecule has 0 unspecified atom stereocenters. The van der Waals surface area contributed by atoms with E-state index in [1.165, 1.54) is 42.5 Å². The smallest absolute Gasteiger partial charge is 0.119 e. The zero-order chi connectivity index (χ0) is 18.5. The van der Waals surface area contributed by atoms with E-state index in [0.717, 1.165) is 56.5 Å². The van der Waals surface area contributed by atoms with Crippen LogP contribution in [0.4, 0.5) is 5.69 Å². The molecule has 2 aromatic rings. The number of hydrogen-bond acceptors (Lipinski definition) is 3. The molecule has 0 bridgehead atoms. The molecule has 0 radical (unpaired) electrons. The molecule has 0 saturated carbocycles. The van der Waals surface area contributed by atoms with Crippen LogP contribution in [-0.2, 0) is 12.8 Å². The first-order valence-corrected chi connectivity index (χ1v) is 10.6. The average Bonchev–Trinajstić information content (AvgIpc) is 3.16. The molecule has 0 aromatic heterocycles. The number of benzene rings is 2. The van der Waals surface area contributed by atoms with Crippen molar-refractivity contribution in [3.63, 3.8) is 0 Å². The lowest BCUT2D eigenvalue weighted by Crippen LogP contribution is -2.46. The van der Waals surface area contributed by atoms with Crippen LogP contribution in [0.25, 0.3) is 0 Å². The van der Waals surface area contributed by atoms with Crippen molar-refractivity contribution in [2.24, 2.45) is 0 Å². The molecule has 1 saturated heterocycles. The lowest BCUT2D eigenvalue weighted by atomic mass is 10.1. The fourth-order valence-electron chi connectivity index (χ4n) is 4.17. The normalized spacial score (nSPS) is 15.4. The Hall–Kier alpha value is -0.840. The summed E-state index contributed by atoms with van der Waals surface area (Å²) in [4.78, 5) is 5.00. The fourth-order valence-corrected chi connectivity index (χ4v) is 4.35. The van der Waals surface area contributed by atoms with Gasteiger partial charge in [-0.1, -0.05) is 23.7 Å². The van der Waals surface area contributed by atoms with Crippen LogP contribution in [0.3, 0.4) is 0 Å². The average molecular weight is 494 g/mol. The first-order chi connectivity index (χ1) is 13.3. The van der Waals surface area contributed by atoms with Crippen molar-refractivity contribution >= 4 is 54.5 Å². The van der Waals surface area contributed by atoms with Gasteiger partial charge >= 0.3 is 0 Å². The van der Waals surface area contributed by atoms with E-state index >= 15 is 0 Å². The third-order valence-corrected chi connectivity index (χ3v) is 5.99. The lowest BCUT2D eigenvalue weighted by Gasteiger charge is -2.36. The highest BCUT2D eigenvalue weighted by Gasteiger charge is 2.17. The van der Waals surface area contributed by atoms with Gasteiger partial charge in [0, 0.05) is 36.9 Å². The Morgan fingerprint density at radius 3 is 2.37 bits per heavy atom.